The molecule has 0 atom stereocenters. The highest BCUT2D eigenvalue weighted by Gasteiger charge is 2.14. The molecule has 0 aliphatic carbocycles. The number of benzene rings is 1. The second kappa shape index (κ2) is 5.74. The molecule has 3 rings (SSSR count). The Morgan fingerprint density at radius 2 is 2.14 bits per heavy atom. The van der Waals surface area contributed by atoms with Crippen LogP contribution >= 0.6 is 0 Å². The molecule has 1 N–H and O–H groups in total. The van der Waals surface area contributed by atoms with Crippen LogP contribution in [-0.2, 0) is 12.8 Å². The summed E-state index contributed by atoms with van der Waals surface area (Å²) in [5.74, 6) is 1.66. The van der Waals surface area contributed by atoms with Gasteiger partial charge >= 0.3 is 5.97 Å². The van der Waals surface area contributed by atoms with Gasteiger partial charge in [0.25, 0.3) is 0 Å². The van der Waals surface area contributed by atoms with Crippen LogP contribution in [0.4, 0.5) is 0 Å². The number of terminal acetylenes is 1. The Hall–Kier alpha value is -3.06. The number of aryl methyl sites for hydroxylation is 2. The number of nitrogens with zero attached hydrogens (tertiary/aromatic N) is 2. The molecule has 1 aromatic carbocycles. The molecular weight excluding hydrogens is 276 g/mol. The number of carbonyl (C=O) groups is 1. The van der Waals surface area contributed by atoms with Crippen LogP contribution < -0.4 is 0 Å². The second-order valence-electron chi connectivity index (χ2n) is 5.01. The fourth-order valence-electron chi connectivity index (χ4n) is 2.57. The molecule has 0 saturated carbocycles. The van der Waals surface area contributed by atoms with Crippen molar-refractivity contribution in [3.8, 4) is 12.3 Å². The van der Waals surface area contributed by atoms with Crippen molar-refractivity contribution in [1.82, 2.24) is 9.38 Å². The van der Waals surface area contributed by atoms with Gasteiger partial charge in [-0.05, 0) is 42.2 Å². The van der Waals surface area contributed by atoms with Crippen LogP contribution in [0, 0.1) is 12.3 Å². The van der Waals surface area contributed by atoms with Crippen LogP contribution in [0.1, 0.15) is 27.2 Å². The molecule has 0 unspecified atom stereocenters. The summed E-state index contributed by atoms with van der Waals surface area (Å²) in [7, 11) is 0. The fraction of sp³-hybridized carbons (Fsp3) is 0.111. The van der Waals surface area contributed by atoms with E-state index < -0.39 is 5.97 Å². The van der Waals surface area contributed by atoms with Crippen molar-refractivity contribution in [2.24, 2.45) is 0 Å². The Labute approximate surface area is 128 Å². The molecule has 0 fully saturated rings. The predicted molar refractivity (Wildman–Crippen MR) is 83.9 cm³/mol. The van der Waals surface area contributed by atoms with E-state index in [0.29, 0.717) is 12.1 Å². The highest BCUT2D eigenvalue weighted by Crippen LogP contribution is 2.16. The Balaban J connectivity index is 1.92. The number of aromatic nitrogens is 2. The van der Waals surface area contributed by atoms with E-state index in [1.165, 1.54) is 0 Å². The maximum Gasteiger partial charge on any atom is 0.353 e. The lowest BCUT2D eigenvalue weighted by molar-refractivity contribution is 0.0687. The van der Waals surface area contributed by atoms with Crippen molar-refractivity contribution in [3.05, 3.63) is 71.2 Å². The van der Waals surface area contributed by atoms with Gasteiger partial charge in [-0.2, -0.15) is 0 Å². The highest BCUT2D eigenvalue weighted by molar-refractivity contribution is 5.88. The van der Waals surface area contributed by atoms with E-state index in [0.717, 1.165) is 23.1 Å². The summed E-state index contributed by atoms with van der Waals surface area (Å²) in [5.41, 5.74) is 3.61. The first-order valence-corrected chi connectivity index (χ1v) is 6.93. The Morgan fingerprint density at radius 3 is 2.91 bits per heavy atom. The smallest absolute Gasteiger partial charge is 0.353 e. The van der Waals surface area contributed by atoms with Gasteiger partial charge in [0, 0.05) is 18.0 Å². The zero-order chi connectivity index (χ0) is 15.5. The number of aromatic carboxylic acids is 1. The van der Waals surface area contributed by atoms with Crippen molar-refractivity contribution in [2.45, 2.75) is 12.8 Å². The summed E-state index contributed by atoms with van der Waals surface area (Å²) >= 11 is 0. The molecule has 0 spiro atoms. The van der Waals surface area contributed by atoms with Crippen molar-refractivity contribution in [1.29, 1.82) is 0 Å². The van der Waals surface area contributed by atoms with Gasteiger partial charge < -0.3 is 5.11 Å². The first-order chi connectivity index (χ1) is 10.7. The lowest BCUT2D eigenvalue weighted by atomic mass is 10.0. The largest absolute Gasteiger partial charge is 0.477 e. The van der Waals surface area contributed by atoms with Crippen LogP contribution in [0.25, 0.3) is 5.65 Å². The zero-order valence-electron chi connectivity index (χ0n) is 11.9. The summed E-state index contributed by atoms with van der Waals surface area (Å²) in [6.07, 6.45) is 10.0. The third-order valence-corrected chi connectivity index (χ3v) is 3.63. The van der Waals surface area contributed by atoms with Crippen LogP contribution in [0.3, 0.4) is 0 Å². The standard InChI is InChI=1S/C18H14N2O2/c1-2-13-4-3-5-14(12-13)6-7-15-8-9-16-19-10-11-20(16)17(15)18(21)22/h1,3-5,8-12H,6-7H2,(H,21,22). The van der Waals surface area contributed by atoms with Gasteiger partial charge in [0.2, 0.25) is 0 Å². The molecule has 4 nitrogen and oxygen atoms in total. The summed E-state index contributed by atoms with van der Waals surface area (Å²) in [4.78, 5) is 15.7. The predicted octanol–water partition coefficient (Wildman–Crippen LogP) is 2.80. The number of hydrogen-bond donors (Lipinski definition) is 1. The molecule has 0 radical (unpaired) electrons. The molecule has 3 aromatic rings. The average Bonchev–Trinajstić information content (AvgIpc) is 3.00. The van der Waals surface area contributed by atoms with Crippen LogP contribution in [-0.4, -0.2) is 20.5 Å². The number of carboxylic acid groups (broad SMARTS) is 1. The molecule has 0 aliphatic rings. The Bertz CT molecular complexity index is 887. The Morgan fingerprint density at radius 1 is 1.27 bits per heavy atom. The first kappa shape index (κ1) is 13.9. The number of fused-ring (bicyclic) bond motifs is 1. The summed E-state index contributed by atoms with van der Waals surface area (Å²) < 4.78 is 1.61. The second-order valence-corrected chi connectivity index (χ2v) is 5.01. The first-order valence-electron chi connectivity index (χ1n) is 6.93. The minimum atomic E-state index is -0.948. The maximum atomic E-state index is 11.6. The van der Waals surface area contributed by atoms with E-state index in [9.17, 15) is 9.90 Å². The third kappa shape index (κ3) is 2.57. The number of pyridine rings is 1. The van der Waals surface area contributed by atoms with Crippen LogP contribution in [0.2, 0.25) is 0 Å². The van der Waals surface area contributed by atoms with Gasteiger partial charge in [0.1, 0.15) is 11.3 Å². The monoisotopic (exact) mass is 290 g/mol. The van der Waals surface area contributed by atoms with E-state index in [2.05, 4.69) is 10.9 Å². The van der Waals surface area contributed by atoms with E-state index >= 15 is 0 Å². The number of rotatable bonds is 4. The summed E-state index contributed by atoms with van der Waals surface area (Å²) in [6.45, 7) is 0. The molecule has 0 bridgehead atoms. The van der Waals surface area contributed by atoms with Gasteiger partial charge in [-0.3, -0.25) is 4.40 Å². The molecule has 2 heterocycles. The van der Waals surface area contributed by atoms with Crippen molar-refractivity contribution >= 4 is 11.6 Å². The normalized spacial score (nSPS) is 10.5. The van der Waals surface area contributed by atoms with Gasteiger partial charge in [-0.15, -0.1) is 6.42 Å². The molecule has 4 heteroatoms. The number of hydrogen-bond acceptors (Lipinski definition) is 2. The Kier molecular flexibility index (Phi) is 3.63. The quantitative estimate of drug-likeness (QED) is 0.752. The molecule has 0 aliphatic heterocycles. The van der Waals surface area contributed by atoms with E-state index in [1.54, 1.807) is 16.8 Å². The summed E-state index contributed by atoms with van der Waals surface area (Å²) in [6, 6.07) is 11.4. The van der Waals surface area contributed by atoms with Crippen LogP contribution in [0.5, 0.6) is 0 Å². The van der Waals surface area contributed by atoms with Gasteiger partial charge in [-0.1, -0.05) is 24.1 Å². The van der Waals surface area contributed by atoms with Crippen molar-refractivity contribution in [3.63, 3.8) is 0 Å². The van der Waals surface area contributed by atoms with Crippen molar-refractivity contribution < 1.29 is 9.90 Å². The topological polar surface area (TPSA) is 54.6 Å². The van der Waals surface area contributed by atoms with E-state index in [1.807, 2.05) is 36.4 Å². The number of imidazole rings is 1. The average molecular weight is 290 g/mol. The lowest BCUT2D eigenvalue weighted by Crippen LogP contribution is -2.10. The number of carboxylic acids is 1. The third-order valence-electron chi connectivity index (χ3n) is 3.63. The molecule has 0 amide bonds. The molecule has 22 heavy (non-hydrogen) atoms. The fourth-order valence-corrected chi connectivity index (χ4v) is 2.57. The van der Waals surface area contributed by atoms with Gasteiger partial charge in [0.05, 0.1) is 0 Å². The maximum absolute atomic E-state index is 11.6. The van der Waals surface area contributed by atoms with E-state index in [4.69, 9.17) is 6.42 Å². The SMILES string of the molecule is C#Cc1cccc(CCc2ccc3nccn3c2C(=O)O)c1. The minimum absolute atomic E-state index is 0.267. The molecular formula is C18H14N2O2. The molecule has 2 aromatic heterocycles. The minimum Gasteiger partial charge on any atom is -0.477 e. The van der Waals surface area contributed by atoms with Crippen molar-refractivity contribution in [2.75, 3.05) is 0 Å². The molecule has 0 saturated heterocycles. The van der Waals surface area contributed by atoms with Crippen LogP contribution in [0.15, 0.2) is 48.8 Å². The van der Waals surface area contributed by atoms with Gasteiger partial charge in [0.15, 0.2) is 0 Å². The molecule has 108 valence electrons. The van der Waals surface area contributed by atoms with E-state index in [-0.39, 0.29) is 5.69 Å². The lowest BCUT2D eigenvalue weighted by Gasteiger charge is -2.09. The van der Waals surface area contributed by atoms with Gasteiger partial charge in [-0.25, -0.2) is 9.78 Å². The summed E-state index contributed by atoms with van der Waals surface area (Å²) in [5, 5.41) is 9.49. The highest BCUT2D eigenvalue weighted by atomic mass is 16.4. The zero-order valence-corrected chi connectivity index (χ0v) is 11.9.